The molecule has 1 aromatic carbocycles. The highest BCUT2D eigenvalue weighted by atomic mass is 19.1. The Labute approximate surface area is 118 Å². The van der Waals surface area contributed by atoms with Crippen molar-refractivity contribution in [3.8, 4) is 11.5 Å². The first kappa shape index (κ1) is 14.5. The third kappa shape index (κ3) is 3.57. The molecule has 1 N–H and O–H groups in total. The first-order valence-corrected chi connectivity index (χ1v) is 6.81. The van der Waals surface area contributed by atoms with Gasteiger partial charge in [-0.05, 0) is 13.0 Å². The molecule has 1 heterocycles. The third-order valence-corrected chi connectivity index (χ3v) is 2.90. The molecule has 0 saturated heterocycles. The first-order chi connectivity index (χ1) is 9.60. The fraction of sp³-hybridized carbons (Fsp3) is 0.400. The molecule has 0 radical (unpaired) electrons. The van der Waals surface area contributed by atoms with Gasteiger partial charge in [0.25, 0.3) is 0 Å². The summed E-state index contributed by atoms with van der Waals surface area (Å²) in [5.41, 5.74) is 0.794. The number of halogens is 1. The van der Waals surface area contributed by atoms with Gasteiger partial charge < -0.3 is 10.1 Å². The van der Waals surface area contributed by atoms with Crippen LogP contribution >= 0.6 is 0 Å². The van der Waals surface area contributed by atoms with E-state index >= 15 is 0 Å². The lowest BCUT2D eigenvalue weighted by molar-refractivity contribution is 0.431. The fourth-order valence-electron chi connectivity index (χ4n) is 1.81. The summed E-state index contributed by atoms with van der Waals surface area (Å²) in [5.74, 6) is 0.441. The number of para-hydroxylation sites is 1. The number of hydrogen-bond donors (Lipinski definition) is 1. The summed E-state index contributed by atoms with van der Waals surface area (Å²) in [4.78, 5) is 0. The van der Waals surface area contributed by atoms with Crippen molar-refractivity contribution >= 4 is 0 Å². The second-order valence-corrected chi connectivity index (χ2v) is 4.90. The van der Waals surface area contributed by atoms with Crippen molar-refractivity contribution in [1.82, 2.24) is 15.1 Å². The van der Waals surface area contributed by atoms with E-state index in [2.05, 4.69) is 10.4 Å². The molecule has 4 nitrogen and oxygen atoms in total. The van der Waals surface area contributed by atoms with E-state index in [4.69, 9.17) is 4.74 Å². The summed E-state index contributed by atoms with van der Waals surface area (Å²) < 4.78 is 21.4. The van der Waals surface area contributed by atoms with E-state index in [1.165, 1.54) is 6.07 Å². The summed E-state index contributed by atoms with van der Waals surface area (Å²) in [6.07, 6.45) is 3.35. The highest BCUT2D eigenvalue weighted by molar-refractivity contribution is 5.38. The maximum atomic E-state index is 14.0. The Bertz CT molecular complexity index is 566. The van der Waals surface area contributed by atoms with Crippen LogP contribution in [0.4, 0.5) is 4.39 Å². The molecule has 108 valence electrons. The van der Waals surface area contributed by atoms with Crippen LogP contribution in [0.2, 0.25) is 0 Å². The predicted octanol–water partition coefficient (Wildman–Crippen LogP) is 3.33. The van der Waals surface area contributed by atoms with Crippen LogP contribution in [-0.4, -0.2) is 15.8 Å². The second-order valence-electron chi connectivity index (χ2n) is 4.90. The average Bonchev–Trinajstić information content (AvgIpc) is 2.87. The molecule has 0 spiro atoms. The molecule has 2 aromatic rings. The number of aryl methyl sites for hydroxylation is 1. The lowest BCUT2D eigenvalue weighted by Gasteiger charge is -2.13. The van der Waals surface area contributed by atoms with E-state index in [9.17, 15) is 4.39 Å². The smallest absolute Gasteiger partial charge is 0.167 e. The molecule has 0 amide bonds. The van der Waals surface area contributed by atoms with Gasteiger partial charge in [-0.25, -0.2) is 4.39 Å². The van der Waals surface area contributed by atoms with Gasteiger partial charge in [0.2, 0.25) is 0 Å². The Balaban J connectivity index is 2.20. The minimum absolute atomic E-state index is 0.260. The number of aromatic nitrogens is 2. The quantitative estimate of drug-likeness (QED) is 0.880. The molecule has 0 fully saturated rings. The summed E-state index contributed by atoms with van der Waals surface area (Å²) >= 11 is 0. The van der Waals surface area contributed by atoms with E-state index < -0.39 is 0 Å². The van der Waals surface area contributed by atoms with Crippen molar-refractivity contribution in [1.29, 1.82) is 0 Å². The number of hydrogen-bond acceptors (Lipinski definition) is 3. The van der Waals surface area contributed by atoms with Crippen LogP contribution in [0.25, 0.3) is 0 Å². The van der Waals surface area contributed by atoms with Crippen molar-refractivity contribution < 1.29 is 9.13 Å². The van der Waals surface area contributed by atoms with Crippen LogP contribution in [0.3, 0.4) is 0 Å². The van der Waals surface area contributed by atoms with Crippen molar-refractivity contribution in [2.45, 2.75) is 39.9 Å². The lowest BCUT2D eigenvalue weighted by atomic mass is 10.2. The fourth-order valence-corrected chi connectivity index (χ4v) is 1.81. The van der Waals surface area contributed by atoms with E-state index in [1.54, 1.807) is 23.1 Å². The molecule has 2 rings (SSSR count). The zero-order valence-corrected chi connectivity index (χ0v) is 12.1. The van der Waals surface area contributed by atoms with Crippen LogP contribution < -0.4 is 10.1 Å². The monoisotopic (exact) mass is 277 g/mol. The van der Waals surface area contributed by atoms with E-state index in [1.807, 2.05) is 26.8 Å². The van der Waals surface area contributed by atoms with E-state index in [0.29, 0.717) is 18.3 Å². The maximum Gasteiger partial charge on any atom is 0.167 e. The number of benzene rings is 1. The largest absolute Gasteiger partial charge is 0.451 e. The van der Waals surface area contributed by atoms with Crippen LogP contribution in [-0.2, 0) is 13.1 Å². The first-order valence-electron chi connectivity index (χ1n) is 6.81. The average molecular weight is 277 g/mol. The number of nitrogens with zero attached hydrogens (tertiary/aromatic N) is 2. The normalized spacial score (nSPS) is 11.1. The molecule has 1 aromatic heterocycles. The van der Waals surface area contributed by atoms with Crippen LogP contribution in [0.15, 0.2) is 30.6 Å². The molecule has 0 aliphatic carbocycles. The van der Waals surface area contributed by atoms with E-state index in [-0.39, 0.29) is 11.6 Å². The van der Waals surface area contributed by atoms with Crippen molar-refractivity contribution in [3.05, 3.63) is 42.0 Å². The van der Waals surface area contributed by atoms with Gasteiger partial charge in [-0.2, -0.15) is 5.10 Å². The van der Waals surface area contributed by atoms with Gasteiger partial charge in [0.15, 0.2) is 17.3 Å². The zero-order valence-electron chi connectivity index (χ0n) is 12.1. The standard InChI is InChI=1S/C15H20FN3O/c1-4-19-10-13(9-18-19)20-15-12(8-17-11(2)3)6-5-7-14(15)16/h5-7,9-11,17H,4,8H2,1-3H3. The van der Waals surface area contributed by atoms with E-state index in [0.717, 1.165) is 12.1 Å². The van der Waals surface area contributed by atoms with Crippen molar-refractivity contribution in [2.24, 2.45) is 0 Å². The molecule has 0 saturated carbocycles. The highest BCUT2D eigenvalue weighted by Gasteiger charge is 2.12. The molecular weight excluding hydrogens is 257 g/mol. The van der Waals surface area contributed by atoms with Gasteiger partial charge in [-0.15, -0.1) is 0 Å². The molecule has 0 aliphatic heterocycles. The second kappa shape index (κ2) is 6.52. The van der Waals surface area contributed by atoms with Crippen LogP contribution in [0.1, 0.15) is 26.3 Å². The molecular formula is C15H20FN3O. The van der Waals surface area contributed by atoms with Gasteiger partial charge >= 0.3 is 0 Å². The minimum Gasteiger partial charge on any atom is -0.451 e. The maximum absolute atomic E-state index is 14.0. The zero-order chi connectivity index (χ0) is 14.5. The van der Waals surface area contributed by atoms with Crippen molar-refractivity contribution in [3.63, 3.8) is 0 Å². The summed E-state index contributed by atoms with van der Waals surface area (Å²) in [7, 11) is 0. The Morgan fingerprint density at radius 1 is 1.40 bits per heavy atom. The van der Waals surface area contributed by atoms with Crippen LogP contribution in [0.5, 0.6) is 11.5 Å². The molecule has 5 heteroatoms. The summed E-state index contributed by atoms with van der Waals surface area (Å²) in [6, 6.07) is 5.28. The number of nitrogens with one attached hydrogen (secondary N) is 1. The third-order valence-electron chi connectivity index (χ3n) is 2.90. The molecule has 0 aliphatic rings. The Morgan fingerprint density at radius 2 is 2.20 bits per heavy atom. The van der Waals surface area contributed by atoms with Crippen molar-refractivity contribution in [2.75, 3.05) is 0 Å². The summed E-state index contributed by atoms with van der Waals surface area (Å²) in [5, 5.41) is 7.38. The molecule has 0 unspecified atom stereocenters. The molecule has 20 heavy (non-hydrogen) atoms. The van der Waals surface area contributed by atoms with Gasteiger partial charge in [-0.3, -0.25) is 4.68 Å². The lowest BCUT2D eigenvalue weighted by Crippen LogP contribution is -2.22. The SMILES string of the molecule is CCn1cc(Oc2c(F)cccc2CNC(C)C)cn1. The Hall–Kier alpha value is -1.88. The Kier molecular flexibility index (Phi) is 4.74. The van der Waals surface area contributed by atoms with Crippen LogP contribution in [0, 0.1) is 5.82 Å². The number of ether oxygens (including phenoxy) is 1. The van der Waals surface area contributed by atoms with Gasteiger partial charge in [0.05, 0.1) is 12.4 Å². The topological polar surface area (TPSA) is 39.1 Å². The summed E-state index contributed by atoms with van der Waals surface area (Å²) in [6.45, 7) is 7.39. The number of rotatable bonds is 6. The minimum atomic E-state index is -0.364. The van der Waals surface area contributed by atoms with Gasteiger partial charge in [-0.1, -0.05) is 26.0 Å². The molecule has 0 bridgehead atoms. The highest BCUT2D eigenvalue weighted by Crippen LogP contribution is 2.28. The predicted molar refractivity (Wildman–Crippen MR) is 76.4 cm³/mol. The Morgan fingerprint density at radius 3 is 2.85 bits per heavy atom. The molecule has 0 atom stereocenters. The van der Waals surface area contributed by atoms with Gasteiger partial charge in [0, 0.05) is 24.7 Å². The van der Waals surface area contributed by atoms with Gasteiger partial charge in [0.1, 0.15) is 0 Å².